The predicted molar refractivity (Wildman–Crippen MR) is 60.9 cm³/mol. The molecule has 5 nitrogen and oxygen atoms in total. The van der Waals surface area contributed by atoms with Crippen LogP contribution < -0.4 is 5.32 Å². The van der Waals surface area contributed by atoms with E-state index in [0.717, 1.165) is 19.2 Å². The number of carbonyl (C=O) groups excluding carboxylic acids is 2. The van der Waals surface area contributed by atoms with E-state index in [1.165, 1.54) is 0 Å². The van der Waals surface area contributed by atoms with Crippen LogP contribution in [0.4, 0.5) is 8.78 Å². The van der Waals surface area contributed by atoms with Crippen molar-refractivity contribution in [3.8, 4) is 0 Å². The van der Waals surface area contributed by atoms with Crippen LogP contribution in [0.5, 0.6) is 0 Å². The molecule has 0 aliphatic heterocycles. The smallest absolute Gasteiger partial charge is 0.357 e. The van der Waals surface area contributed by atoms with Gasteiger partial charge in [-0.15, -0.1) is 0 Å². The monoisotopic (exact) mass is 271 g/mol. The van der Waals surface area contributed by atoms with Crippen molar-refractivity contribution in [2.75, 3.05) is 7.11 Å². The average Bonchev–Trinajstić information content (AvgIpc) is 2.33. The number of esters is 1. The van der Waals surface area contributed by atoms with Gasteiger partial charge in [0.05, 0.1) is 13.5 Å². The molecule has 0 unspecified atom stereocenters. The average molecular weight is 271 g/mol. The molecule has 0 heterocycles. The Bertz CT molecular complexity index is 508. The van der Waals surface area contributed by atoms with Gasteiger partial charge in [-0.3, -0.25) is 4.79 Å². The lowest BCUT2D eigenvalue weighted by Gasteiger charge is -2.07. The number of rotatable bonds is 4. The molecule has 19 heavy (non-hydrogen) atoms. The van der Waals surface area contributed by atoms with Crippen molar-refractivity contribution >= 4 is 11.9 Å². The van der Waals surface area contributed by atoms with Gasteiger partial charge in [0.1, 0.15) is 17.9 Å². The molecule has 2 N–H and O–H groups in total. The minimum atomic E-state index is -0.943. The van der Waals surface area contributed by atoms with Crippen LogP contribution in [0.1, 0.15) is 5.56 Å². The standard InChI is InChI=1S/C12H11F2NO4/c1-19-12(18)10(6-16)15-11(17)4-7-2-8(13)5-9(14)3-7/h2-3,5-6,16H,4H2,1H3,(H,15,17)/b10-6+. The molecule has 0 radical (unpaired) electrons. The highest BCUT2D eigenvalue weighted by atomic mass is 19.1. The molecule has 0 aliphatic rings. The minimum absolute atomic E-state index is 0.0946. The molecule has 0 saturated carbocycles. The number of methoxy groups -OCH3 is 1. The lowest BCUT2D eigenvalue weighted by atomic mass is 10.1. The molecule has 102 valence electrons. The zero-order valence-corrected chi connectivity index (χ0v) is 9.94. The van der Waals surface area contributed by atoms with Gasteiger partial charge in [0.2, 0.25) is 5.91 Å². The third-order valence-electron chi connectivity index (χ3n) is 2.10. The maximum atomic E-state index is 12.9. The van der Waals surface area contributed by atoms with Gasteiger partial charge < -0.3 is 15.2 Å². The third kappa shape index (κ3) is 4.38. The SMILES string of the molecule is COC(=O)/C(=C\O)NC(=O)Cc1cc(F)cc(F)c1. The number of amides is 1. The maximum absolute atomic E-state index is 12.9. The van der Waals surface area contributed by atoms with Crippen LogP contribution in [-0.4, -0.2) is 24.1 Å². The fourth-order valence-electron chi connectivity index (χ4n) is 1.34. The molecule has 7 heteroatoms. The first-order chi connectivity index (χ1) is 8.96. The first-order valence-corrected chi connectivity index (χ1v) is 5.13. The van der Waals surface area contributed by atoms with Crippen LogP contribution >= 0.6 is 0 Å². The minimum Gasteiger partial charge on any atom is -0.513 e. The van der Waals surface area contributed by atoms with Crippen molar-refractivity contribution < 1.29 is 28.2 Å². The summed E-state index contributed by atoms with van der Waals surface area (Å²) in [6.07, 6.45) is 0.0128. The summed E-state index contributed by atoms with van der Waals surface area (Å²) in [7, 11) is 1.07. The highest BCUT2D eigenvalue weighted by Gasteiger charge is 2.14. The van der Waals surface area contributed by atoms with E-state index in [2.05, 4.69) is 10.1 Å². The first kappa shape index (κ1) is 14.6. The second-order valence-corrected chi connectivity index (χ2v) is 3.54. The zero-order chi connectivity index (χ0) is 14.4. The van der Waals surface area contributed by atoms with E-state index in [4.69, 9.17) is 5.11 Å². The highest BCUT2D eigenvalue weighted by molar-refractivity contribution is 5.94. The Morgan fingerprint density at radius 1 is 1.32 bits per heavy atom. The Kier molecular flexibility index (Phi) is 4.99. The van der Waals surface area contributed by atoms with Gasteiger partial charge in [-0.2, -0.15) is 0 Å². The van der Waals surface area contributed by atoms with Crippen molar-refractivity contribution in [3.63, 3.8) is 0 Å². The Morgan fingerprint density at radius 3 is 2.37 bits per heavy atom. The van der Waals surface area contributed by atoms with Gasteiger partial charge >= 0.3 is 5.97 Å². The van der Waals surface area contributed by atoms with E-state index in [0.29, 0.717) is 12.3 Å². The summed E-state index contributed by atoms with van der Waals surface area (Å²) >= 11 is 0. The Labute approximate surface area is 107 Å². The summed E-state index contributed by atoms with van der Waals surface area (Å²) in [4.78, 5) is 22.6. The summed E-state index contributed by atoms with van der Waals surface area (Å²) in [5.74, 6) is -3.29. The number of hydrogen-bond donors (Lipinski definition) is 2. The molecular weight excluding hydrogens is 260 g/mol. The molecule has 0 atom stereocenters. The summed E-state index contributed by atoms with van der Waals surface area (Å²) in [5, 5.41) is 10.8. The number of ether oxygens (including phenoxy) is 1. The van der Waals surface area contributed by atoms with Gasteiger partial charge in [0.15, 0.2) is 5.70 Å². The molecule has 1 rings (SSSR count). The molecule has 0 aliphatic carbocycles. The molecule has 1 aromatic carbocycles. The summed E-state index contributed by atoms with van der Waals surface area (Å²) < 4.78 is 30.1. The van der Waals surface area contributed by atoms with E-state index in [1.807, 2.05) is 0 Å². The molecule has 0 bridgehead atoms. The molecule has 0 fully saturated rings. The molecule has 0 saturated heterocycles. The lowest BCUT2D eigenvalue weighted by Crippen LogP contribution is -2.29. The Morgan fingerprint density at radius 2 is 1.89 bits per heavy atom. The van der Waals surface area contributed by atoms with Crippen molar-refractivity contribution in [1.82, 2.24) is 5.32 Å². The molecule has 1 amide bonds. The van der Waals surface area contributed by atoms with E-state index in [-0.39, 0.29) is 12.0 Å². The fourth-order valence-corrected chi connectivity index (χ4v) is 1.34. The van der Waals surface area contributed by atoms with Crippen LogP contribution in [0.2, 0.25) is 0 Å². The van der Waals surface area contributed by atoms with Crippen molar-refractivity contribution in [1.29, 1.82) is 0 Å². The molecule has 0 aromatic heterocycles. The van der Waals surface area contributed by atoms with Crippen LogP contribution in [0.15, 0.2) is 30.2 Å². The van der Waals surface area contributed by atoms with Crippen LogP contribution in [0, 0.1) is 11.6 Å². The van der Waals surface area contributed by atoms with E-state index in [1.54, 1.807) is 0 Å². The second kappa shape index (κ2) is 6.48. The number of carbonyl (C=O) groups is 2. The number of aliphatic hydroxyl groups excluding tert-OH is 1. The number of hydrogen-bond acceptors (Lipinski definition) is 4. The van der Waals surface area contributed by atoms with Crippen molar-refractivity contribution in [2.24, 2.45) is 0 Å². The zero-order valence-electron chi connectivity index (χ0n) is 9.94. The topological polar surface area (TPSA) is 75.6 Å². The summed E-state index contributed by atoms with van der Waals surface area (Å²) in [6.45, 7) is 0. The van der Waals surface area contributed by atoms with E-state index < -0.39 is 29.2 Å². The molecule has 0 spiro atoms. The number of aliphatic hydroxyl groups is 1. The van der Waals surface area contributed by atoms with Crippen LogP contribution in [0.25, 0.3) is 0 Å². The predicted octanol–water partition coefficient (Wildman–Crippen LogP) is 1.20. The van der Waals surface area contributed by atoms with Gasteiger partial charge in [0.25, 0.3) is 0 Å². The lowest BCUT2D eigenvalue weighted by molar-refractivity contribution is -0.137. The third-order valence-corrected chi connectivity index (χ3v) is 2.10. The first-order valence-electron chi connectivity index (χ1n) is 5.13. The highest BCUT2D eigenvalue weighted by Crippen LogP contribution is 2.08. The van der Waals surface area contributed by atoms with Gasteiger partial charge in [0, 0.05) is 6.07 Å². The summed E-state index contributed by atoms with van der Waals surface area (Å²) in [6, 6.07) is 2.65. The number of nitrogens with one attached hydrogen (secondary N) is 1. The quantitative estimate of drug-likeness (QED) is 0.490. The number of benzene rings is 1. The largest absolute Gasteiger partial charge is 0.513 e. The molecule has 1 aromatic rings. The van der Waals surface area contributed by atoms with Crippen LogP contribution in [0.3, 0.4) is 0 Å². The maximum Gasteiger partial charge on any atom is 0.357 e. The normalized spacial score (nSPS) is 11.0. The summed E-state index contributed by atoms with van der Waals surface area (Å²) in [5.41, 5.74) is -0.374. The Balaban J connectivity index is 2.72. The van der Waals surface area contributed by atoms with E-state index in [9.17, 15) is 18.4 Å². The van der Waals surface area contributed by atoms with Gasteiger partial charge in [-0.1, -0.05) is 0 Å². The van der Waals surface area contributed by atoms with Crippen LogP contribution in [-0.2, 0) is 20.7 Å². The van der Waals surface area contributed by atoms with Crippen molar-refractivity contribution in [3.05, 3.63) is 47.4 Å². The van der Waals surface area contributed by atoms with Gasteiger partial charge in [-0.25, -0.2) is 13.6 Å². The molecular formula is C12H11F2NO4. The van der Waals surface area contributed by atoms with Crippen molar-refractivity contribution in [2.45, 2.75) is 6.42 Å². The fraction of sp³-hybridized carbons (Fsp3) is 0.167. The second-order valence-electron chi connectivity index (χ2n) is 3.54. The Hall–Kier alpha value is -2.44. The number of halogens is 2. The van der Waals surface area contributed by atoms with E-state index >= 15 is 0 Å². The van der Waals surface area contributed by atoms with Gasteiger partial charge in [-0.05, 0) is 17.7 Å².